The molecule has 0 spiro atoms. The molecule has 0 saturated heterocycles. The highest BCUT2D eigenvalue weighted by Crippen LogP contribution is 2.23. The molecule has 2 aromatic heterocycles. The second-order valence-corrected chi connectivity index (χ2v) is 7.31. The molecule has 0 bridgehead atoms. The van der Waals surface area contributed by atoms with Crippen LogP contribution < -0.4 is 10.1 Å². The number of thiazole rings is 1. The molecule has 1 amide bonds. The number of ether oxygens (including phenoxy) is 1. The van der Waals surface area contributed by atoms with E-state index in [1.165, 1.54) is 11.3 Å². The zero-order valence-corrected chi connectivity index (χ0v) is 16.6. The molecule has 28 heavy (non-hydrogen) atoms. The Hall–Kier alpha value is -2.90. The number of amides is 1. The Bertz CT molecular complexity index is 1120. The van der Waals surface area contributed by atoms with Crippen LogP contribution in [0.1, 0.15) is 16.1 Å². The number of nitrogens with one attached hydrogen (secondary N) is 1. The monoisotopic (exact) mass is 412 g/mol. The van der Waals surface area contributed by atoms with Crippen molar-refractivity contribution >= 4 is 33.8 Å². The maximum atomic E-state index is 12.3. The van der Waals surface area contributed by atoms with Gasteiger partial charge in [0.2, 0.25) is 4.96 Å². The number of methoxy groups -OCH3 is 1. The van der Waals surface area contributed by atoms with Gasteiger partial charge < -0.3 is 10.1 Å². The fraction of sp³-hybridized carbons (Fsp3) is 0.150. The molecule has 0 aliphatic rings. The summed E-state index contributed by atoms with van der Waals surface area (Å²) in [7, 11) is 1.64. The van der Waals surface area contributed by atoms with E-state index in [0.29, 0.717) is 29.4 Å². The molecule has 4 aromatic rings. The number of carbonyl (C=O) groups is 1. The topological polar surface area (TPSA) is 68.5 Å². The minimum Gasteiger partial charge on any atom is -0.497 e. The van der Waals surface area contributed by atoms with Gasteiger partial charge in [-0.05, 0) is 36.4 Å². The van der Waals surface area contributed by atoms with Gasteiger partial charge in [-0.25, -0.2) is 4.52 Å². The van der Waals surface area contributed by atoms with Crippen molar-refractivity contribution in [1.29, 1.82) is 0 Å². The zero-order valence-electron chi connectivity index (χ0n) is 15.1. The van der Waals surface area contributed by atoms with E-state index in [1.54, 1.807) is 31.4 Å². The average molecular weight is 413 g/mol. The standard InChI is InChI=1S/C20H17ClN4O2S/c1-27-15-8-6-13(7-9-15)18-23-20-25(24-18)14(12-28-20)10-11-22-19(26)16-4-2-3-5-17(16)21/h2-9,12H,10-11H2,1H3,(H,22,26). The SMILES string of the molecule is COc1ccc(-c2nc3scc(CCNC(=O)c4ccccc4Cl)n3n2)cc1. The Morgan fingerprint density at radius 2 is 2.00 bits per heavy atom. The zero-order chi connectivity index (χ0) is 19.5. The Morgan fingerprint density at radius 1 is 1.21 bits per heavy atom. The van der Waals surface area contributed by atoms with Crippen molar-refractivity contribution in [3.8, 4) is 17.1 Å². The van der Waals surface area contributed by atoms with Crippen molar-refractivity contribution in [2.24, 2.45) is 0 Å². The van der Waals surface area contributed by atoms with Crippen LogP contribution in [0.3, 0.4) is 0 Å². The molecule has 2 heterocycles. The van der Waals surface area contributed by atoms with Gasteiger partial charge in [0.25, 0.3) is 5.91 Å². The van der Waals surface area contributed by atoms with Crippen molar-refractivity contribution in [1.82, 2.24) is 19.9 Å². The molecule has 0 fully saturated rings. The molecular weight excluding hydrogens is 396 g/mol. The maximum Gasteiger partial charge on any atom is 0.252 e. The van der Waals surface area contributed by atoms with E-state index in [9.17, 15) is 4.79 Å². The minimum atomic E-state index is -0.186. The lowest BCUT2D eigenvalue weighted by Gasteiger charge is -2.06. The third kappa shape index (κ3) is 3.72. The Morgan fingerprint density at radius 3 is 2.75 bits per heavy atom. The molecule has 0 unspecified atom stereocenters. The fourth-order valence-electron chi connectivity index (χ4n) is 2.80. The van der Waals surface area contributed by atoms with Gasteiger partial charge >= 0.3 is 0 Å². The Balaban J connectivity index is 1.45. The highest BCUT2D eigenvalue weighted by molar-refractivity contribution is 7.15. The Kier molecular flexibility index (Phi) is 5.27. The molecule has 0 radical (unpaired) electrons. The van der Waals surface area contributed by atoms with E-state index in [1.807, 2.05) is 34.2 Å². The molecule has 8 heteroatoms. The maximum absolute atomic E-state index is 12.3. The molecule has 0 aliphatic carbocycles. The van der Waals surface area contributed by atoms with Crippen LogP contribution in [0.4, 0.5) is 0 Å². The van der Waals surface area contributed by atoms with E-state index in [4.69, 9.17) is 16.3 Å². The highest BCUT2D eigenvalue weighted by Gasteiger charge is 2.13. The number of fused-ring (bicyclic) bond motifs is 1. The van der Waals surface area contributed by atoms with Crippen molar-refractivity contribution < 1.29 is 9.53 Å². The Labute approximate surface area is 170 Å². The van der Waals surface area contributed by atoms with Gasteiger partial charge in [0.05, 0.1) is 23.4 Å². The molecule has 2 aromatic carbocycles. The van der Waals surface area contributed by atoms with Gasteiger partial charge in [-0.1, -0.05) is 23.7 Å². The van der Waals surface area contributed by atoms with Crippen LogP contribution in [0.2, 0.25) is 5.02 Å². The number of rotatable bonds is 6. The smallest absolute Gasteiger partial charge is 0.252 e. The number of benzene rings is 2. The van der Waals surface area contributed by atoms with Gasteiger partial charge in [-0.3, -0.25) is 4.79 Å². The van der Waals surface area contributed by atoms with Gasteiger partial charge in [0.1, 0.15) is 5.75 Å². The van der Waals surface area contributed by atoms with Crippen LogP contribution in [-0.4, -0.2) is 34.2 Å². The lowest BCUT2D eigenvalue weighted by molar-refractivity contribution is 0.0954. The minimum absolute atomic E-state index is 0.186. The van der Waals surface area contributed by atoms with Crippen LogP contribution in [0.5, 0.6) is 5.75 Å². The molecule has 0 aliphatic heterocycles. The summed E-state index contributed by atoms with van der Waals surface area (Å²) < 4.78 is 7.01. The summed E-state index contributed by atoms with van der Waals surface area (Å²) >= 11 is 7.59. The summed E-state index contributed by atoms with van der Waals surface area (Å²) in [5, 5.41) is 9.96. The highest BCUT2D eigenvalue weighted by atomic mass is 35.5. The summed E-state index contributed by atoms with van der Waals surface area (Å²) in [6.07, 6.45) is 0.640. The van der Waals surface area contributed by atoms with Crippen molar-refractivity contribution in [2.45, 2.75) is 6.42 Å². The van der Waals surface area contributed by atoms with E-state index in [2.05, 4.69) is 15.4 Å². The lowest BCUT2D eigenvalue weighted by atomic mass is 10.2. The van der Waals surface area contributed by atoms with Gasteiger partial charge in [-0.15, -0.1) is 16.4 Å². The second kappa shape index (κ2) is 8.00. The van der Waals surface area contributed by atoms with Crippen LogP contribution in [0.25, 0.3) is 16.3 Å². The van der Waals surface area contributed by atoms with Crippen molar-refractivity contribution in [2.75, 3.05) is 13.7 Å². The first-order chi connectivity index (χ1) is 13.7. The number of nitrogens with zero attached hydrogens (tertiary/aromatic N) is 3. The van der Waals surface area contributed by atoms with Crippen LogP contribution in [0, 0.1) is 0 Å². The summed E-state index contributed by atoms with van der Waals surface area (Å²) in [6, 6.07) is 14.6. The summed E-state index contributed by atoms with van der Waals surface area (Å²) in [4.78, 5) is 17.7. The molecule has 6 nitrogen and oxygen atoms in total. The quantitative estimate of drug-likeness (QED) is 0.517. The normalized spacial score (nSPS) is 10.9. The van der Waals surface area contributed by atoms with Crippen LogP contribution in [0.15, 0.2) is 53.9 Å². The van der Waals surface area contributed by atoms with Gasteiger partial charge in [0, 0.05) is 23.9 Å². The first kappa shape index (κ1) is 18.5. The molecule has 1 N–H and O–H groups in total. The number of halogens is 1. The molecule has 0 atom stereocenters. The van der Waals surface area contributed by atoms with E-state index in [0.717, 1.165) is 22.0 Å². The van der Waals surface area contributed by atoms with E-state index < -0.39 is 0 Å². The van der Waals surface area contributed by atoms with Gasteiger partial charge in [0.15, 0.2) is 5.82 Å². The number of carbonyl (C=O) groups excluding carboxylic acids is 1. The van der Waals surface area contributed by atoms with Crippen LogP contribution >= 0.6 is 22.9 Å². The summed E-state index contributed by atoms with van der Waals surface area (Å²) in [6.45, 7) is 0.480. The third-order valence-electron chi connectivity index (χ3n) is 4.28. The molecule has 0 saturated carbocycles. The average Bonchev–Trinajstić information content (AvgIpc) is 3.30. The van der Waals surface area contributed by atoms with Crippen molar-refractivity contribution in [3.63, 3.8) is 0 Å². The third-order valence-corrected chi connectivity index (χ3v) is 5.48. The lowest BCUT2D eigenvalue weighted by Crippen LogP contribution is -2.26. The summed E-state index contributed by atoms with van der Waals surface area (Å²) in [5.41, 5.74) is 2.39. The van der Waals surface area contributed by atoms with E-state index in [-0.39, 0.29) is 5.91 Å². The van der Waals surface area contributed by atoms with Gasteiger partial charge in [-0.2, -0.15) is 4.98 Å². The number of aromatic nitrogens is 3. The number of hydrogen-bond donors (Lipinski definition) is 1. The largest absolute Gasteiger partial charge is 0.497 e. The first-order valence-electron chi connectivity index (χ1n) is 8.66. The number of hydrogen-bond acceptors (Lipinski definition) is 5. The molecular formula is C20H17ClN4O2S. The van der Waals surface area contributed by atoms with Crippen LogP contribution in [-0.2, 0) is 6.42 Å². The van der Waals surface area contributed by atoms with Crippen molar-refractivity contribution in [3.05, 3.63) is 70.2 Å². The summed E-state index contributed by atoms with van der Waals surface area (Å²) in [5.74, 6) is 1.27. The fourth-order valence-corrected chi connectivity index (χ4v) is 3.88. The predicted molar refractivity (Wildman–Crippen MR) is 110 cm³/mol. The first-order valence-corrected chi connectivity index (χ1v) is 9.92. The van der Waals surface area contributed by atoms with E-state index >= 15 is 0 Å². The second-order valence-electron chi connectivity index (χ2n) is 6.07. The molecule has 4 rings (SSSR count). The predicted octanol–water partition coefficient (Wildman–Crippen LogP) is 4.09. The molecule has 142 valence electrons.